The maximum absolute atomic E-state index is 12.7. The number of phosphoric ester groups is 1. The van der Waals surface area contributed by atoms with Gasteiger partial charge in [-0.15, -0.1) is 0 Å². The average molecular weight is 874 g/mol. The van der Waals surface area contributed by atoms with Crippen molar-refractivity contribution in [3.63, 3.8) is 0 Å². The second-order valence-corrected chi connectivity index (χ2v) is 20.7. The molecule has 0 N–H and O–H groups in total. The highest BCUT2D eigenvalue weighted by Crippen LogP contribution is 2.38. The molecule has 0 aromatic rings. The number of hydrogen-bond acceptors (Lipinski definition) is 7. The summed E-state index contributed by atoms with van der Waals surface area (Å²) in [6, 6.07) is 0. The third-order valence-electron chi connectivity index (χ3n) is 11.9. The van der Waals surface area contributed by atoms with Crippen LogP contribution in [0, 0.1) is 0 Å². The number of phosphoric acid groups is 1. The van der Waals surface area contributed by atoms with Crippen LogP contribution >= 0.6 is 7.82 Å². The predicted octanol–water partition coefficient (Wildman–Crippen LogP) is 15.4. The first kappa shape index (κ1) is 59.5. The van der Waals surface area contributed by atoms with Gasteiger partial charge in [0.15, 0.2) is 0 Å². The summed E-state index contributed by atoms with van der Waals surface area (Å²) in [4.78, 5) is 25.2. The van der Waals surface area contributed by atoms with Crippen LogP contribution in [0.3, 0.4) is 0 Å². The number of esters is 1. The van der Waals surface area contributed by atoms with Crippen molar-refractivity contribution in [1.29, 1.82) is 0 Å². The highest BCUT2D eigenvalue weighted by atomic mass is 31.2. The van der Waals surface area contributed by atoms with Gasteiger partial charge in [-0.2, -0.15) is 0 Å². The third kappa shape index (κ3) is 48.5. The van der Waals surface area contributed by atoms with Crippen LogP contribution < -0.4 is 4.89 Å². The van der Waals surface area contributed by atoms with Crippen LogP contribution in [0.2, 0.25) is 0 Å². The van der Waals surface area contributed by atoms with Gasteiger partial charge in [0.05, 0.1) is 34.4 Å². The van der Waals surface area contributed by atoms with Crippen molar-refractivity contribution < 1.29 is 37.3 Å². The topological polar surface area (TPSA) is 94.1 Å². The van der Waals surface area contributed by atoms with Gasteiger partial charge in [-0.25, -0.2) is 0 Å². The predicted molar refractivity (Wildman–Crippen MR) is 255 cm³/mol. The van der Waals surface area contributed by atoms with Crippen LogP contribution in [0.25, 0.3) is 0 Å². The zero-order chi connectivity index (χ0) is 44.1. The van der Waals surface area contributed by atoms with Crippen molar-refractivity contribution >= 4 is 13.8 Å². The molecule has 0 spiro atoms. The van der Waals surface area contributed by atoms with E-state index in [0.717, 1.165) is 32.1 Å². The second kappa shape index (κ2) is 45.1. The third-order valence-corrected chi connectivity index (χ3v) is 12.9. The molecule has 0 aliphatic rings. The number of carbonyl (C=O) groups excluding carboxylic acids is 1. The Morgan fingerprint density at radius 1 is 0.450 bits per heavy atom. The minimum Gasteiger partial charge on any atom is -0.756 e. The largest absolute Gasteiger partial charge is 0.756 e. The maximum atomic E-state index is 12.7. The molecule has 0 aromatic carbocycles. The molecule has 0 rings (SSSR count). The molecule has 0 aliphatic carbocycles. The summed E-state index contributed by atoms with van der Waals surface area (Å²) in [5, 5.41) is 0. The van der Waals surface area contributed by atoms with Gasteiger partial charge >= 0.3 is 5.97 Å². The van der Waals surface area contributed by atoms with E-state index >= 15 is 0 Å². The summed E-state index contributed by atoms with van der Waals surface area (Å²) in [6.07, 6.45) is 49.8. The molecule has 0 amide bonds. The Bertz CT molecular complexity index is 930. The summed E-state index contributed by atoms with van der Waals surface area (Å²) >= 11 is 0. The minimum absolute atomic E-state index is 0.0317. The van der Waals surface area contributed by atoms with E-state index in [1.165, 1.54) is 212 Å². The van der Waals surface area contributed by atoms with Gasteiger partial charge in [0.1, 0.15) is 19.3 Å². The van der Waals surface area contributed by atoms with Crippen LogP contribution in [-0.4, -0.2) is 70.7 Å². The van der Waals surface area contributed by atoms with Crippen molar-refractivity contribution in [2.75, 3.05) is 54.1 Å². The molecule has 2 atom stereocenters. The normalized spacial score (nSPS) is 13.5. The van der Waals surface area contributed by atoms with Crippen LogP contribution in [0.4, 0.5) is 0 Å². The Balaban J connectivity index is 4.05. The number of rotatable bonds is 50. The highest BCUT2D eigenvalue weighted by molar-refractivity contribution is 7.45. The van der Waals surface area contributed by atoms with Crippen LogP contribution in [0.15, 0.2) is 0 Å². The van der Waals surface area contributed by atoms with Crippen LogP contribution in [0.5, 0.6) is 0 Å². The van der Waals surface area contributed by atoms with E-state index in [9.17, 15) is 14.3 Å². The van der Waals surface area contributed by atoms with E-state index in [2.05, 4.69) is 13.8 Å². The number of unbranched alkanes of at least 4 members (excludes halogenated alkanes) is 36. The second-order valence-electron chi connectivity index (χ2n) is 19.3. The quantitative estimate of drug-likeness (QED) is 0.0260. The molecular weight excluding hydrogens is 770 g/mol. The summed E-state index contributed by atoms with van der Waals surface area (Å²) in [7, 11) is 1.38. The van der Waals surface area contributed by atoms with E-state index in [0.29, 0.717) is 24.1 Å². The SMILES string of the molecule is CCCCCCCCCCCCCCCCCCCCCCCCC(=O)OC(COCCCCCCCCCCCCCCCCCC)COP(=O)([O-])OCC[N+](C)(C)C. The standard InChI is InChI=1S/C51H104NO7P/c1-6-8-10-12-14-16-18-20-22-24-25-26-27-28-29-30-32-34-36-38-40-42-44-51(53)59-50(49-58-60(54,55)57-47-45-52(3,4)5)48-56-46-43-41-39-37-35-33-31-23-21-19-17-15-13-11-9-7-2/h50H,6-49H2,1-5H3. The Kier molecular flexibility index (Phi) is 44.7. The lowest BCUT2D eigenvalue weighted by Crippen LogP contribution is -2.37. The lowest BCUT2D eigenvalue weighted by molar-refractivity contribution is -0.870. The molecule has 2 unspecified atom stereocenters. The van der Waals surface area contributed by atoms with Gasteiger partial charge in [-0.05, 0) is 12.8 Å². The molecule has 0 fully saturated rings. The molecule has 0 aliphatic heterocycles. The fourth-order valence-corrected chi connectivity index (χ4v) is 8.57. The van der Waals surface area contributed by atoms with E-state index in [-0.39, 0.29) is 25.8 Å². The lowest BCUT2D eigenvalue weighted by atomic mass is 10.0. The fraction of sp³-hybridized carbons (Fsp3) is 0.980. The number of hydrogen-bond donors (Lipinski definition) is 0. The first-order chi connectivity index (χ1) is 29.1. The van der Waals surface area contributed by atoms with Gasteiger partial charge in [-0.3, -0.25) is 9.36 Å². The monoisotopic (exact) mass is 874 g/mol. The van der Waals surface area contributed by atoms with Gasteiger partial charge < -0.3 is 27.9 Å². The first-order valence-corrected chi connectivity index (χ1v) is 27.7. The molecule has 0 bridgehead atoms. The molecule has 0 saturated heterocycles. The van der Waals surface area contributed by atoms with Crippen molar-refractivity contribution in [2.45, 2.75) is 270 Å². The summed E-state index contributed by atoms with van der Waals surface area (Å²) < 4.78 is 34.8. The molecule has 360 valence electrons. The minimum atomic E-state index is -4.52. The number of nitrogens with zero attached hydrogens (tertiary/aromatic N) is 1. The van der Waals surface area contributed by atoms with Crippen molar-refractivity contribution in [3.05, 3.63) is 0 Å². The molecule has 0 saturated carbocycles. The van der Waals surface area contributed by atoms with Crippen molar-refractivity contribution in [1.82, 2.24) is 0 Å². The summed E-state index contributed by atoms with van der Waals surface area (Å²) in [5.41, 5.74) is 0. The molecule has 0 radical (unpaired) electrons. The maximum Gasteiger partial charge on any atom is 0.306 e. The highest BCUT2D eigenvalue weighted by Gasteiger charge is 2.20. The molecule has 0 aromatic heterocycles. The summed E-state index contributed by atoms with van der Waals surface area (Å²) in [5.74, 6) is -0.325. The van der Waals surface area contributed by atoms with Crippen molar-refractivity contribution in [2.24, 2.45) is 0 Å². The number of likely N-dealkylation sites (N-methyl/N-ethyl adjacent to an activating group) is 1. The Morgan fingerprint density at radius 3 is 1.10 bits per heavy atom. The Hall–Kier alpha value is -0.500. The molecule has 9 heteroatoms. The Labute approximate surface area is 374 Å². The van der Waals surface area contributed by atoms with Gasteiger partial charge in [0.25, 0.3) is 7.82 Å². The Morgan fingerprint density at radius 2 is 0.767 bits per heavy atom. The zero-order valence-electron chi connectivity index (χ0n) is 40.9. The van der Waals surface area contributed by atoms with Crippen molar-refractivity contribution in [3.8, 4) is 0 Å². The van der Waals surface area contributed by atoms with Crippen LogP contribution in [0.1, 0.15) is 264 Å². The van der Waals surface area contributed by atoms with E-state index in [4.69, 9.17) is 18.5 Å². The van der Waals surface area contributed by atoms with Gasteiger partial charge in [0, 0.05) is 13.0 Å². The van der Waals surface area contributed by atoms with Gasteiger partial charge in [-0.1, -0.05) is 245 Å². The molecule has 8 nitrogen and oxygen atoms in total. The smallest absolute Gasteiger partial charge is 0.306 e. The molecule has 0 heterocycles. The number of carbonyl (C=O) groups is 1. The number of ether oxygens (including phenoxy) is 2. The van der Waals surface area contributed by atoms with E-state index in [1.807, 2.05) is 21.1 Å². The van der Waals surface area contributed by atoms with E-state index in [1.54, 1.807) is 0 Å². The zero-order valence-corrected chi connectivity index (χ0v) is 41.8. The first-order valence-electron chi connectivity index (χ1n) is 26.3. The molecular formula is C51H104NO7P. The number of quaternary nitrogens is 1. The summed E-state index contributed by atoms with van der Waals surface area (Å²) in [6.45, 7) is 5.50. The lowest BCUT2D eigenvalue weighted by Gasteiger charge is -2.28. The average Bonchev–Trinajstić information content (AvgIpc) is 3.20. The molecule has 60 heavy (non-hydrogen) atoms. The van der Waals surface area contributed by atoms with Crippen LogP contribution in [-0.2, 0) is 27.9 Å². The van der Waals surface area contributed by atoms with E-state index < -0.39 is 13.9 Å². The van der Waals surface area contributed by atoms with Gasteiger partial charge in [0.2, 0.25) is 0 Å². The fourth-order valence-electron chi connectivity index (χ4n) is 7.84.